The van der Waals surface area contributed by atoms with E-state index < -0.39 is 0 Å². The molecule has 0 spiro atoms. The molecule has 108 valence electrons. The number of hydrogen-bond donors (Lipinski definition) is 2. The molecule has 0 radical (unpaired) electrons. The lowest BCUT2D eigenvalue weighted by molar-refractivity contribution is -0.118. The molecule has 0 bridgehead atoms. The van der Waals surface area contributed by atoms with Gasteiger partial charge in [0.25, 0.3) is 5.91 Å². The molecule has 21 heavy (non-hydrogen) atoms. The van der Waals surface area contributed by atoms with E-state index in [1.54, 1.807) is 0 Å². The lowest BCUT2D eigenvalue weighted by Crippen LogP contribution is -2.20. The number of hydrogen-bond acceptors (Lipinski definition) is 3. The van der Waals surface area contributed by atoms with Gasteiger partial charge in [0.2, 0.25) is 0 Å². The van der Waals surface area contributed by atoms with Crippen LogP contribution in [0, 0.1) is 0 Å². The first-order valence-corrected chi connectivity index (χ1v) is 7.08. The van der Waals surface area contributed by atoms with Gasteiger partial charge in [-0.1, -0.05) is 24.3 Å². The van der Waals surface area contributed by atoms with Crippen molar-refractivity contribution in [2.75, 3.05) is 11.9 Å². The summed E-state index contributed by atoms with van der Waals surface area (Å²) in [5, 5.41) is 2.79. The molecule has 0 fully saturated rings. The fourth-order valence-corrected chi connectivity index (χ4v) is 2.58. The first-order valence-electron chi connectivity index (χ1n) is 7.08. The van der Waals surface area contributed by atoms with Crippen molar-refractivity contribution in [3.8, 4) is 5.75 Å². The number of carbonyl (C=O) groups excluding carboxylic acids is 1. The van der Waals surface area contributed by atoms with Gasteiger partial charge in [0.15, 0.2) is 6.61 Å². The van der Waals surface area contributed by atoms with E-state index in [1.807, 2.05) is 48.5 Å². The van der Waals surface area contributed by atoms with Crippen LogP contribution < -0.4 is 15.8 Å². The van der Waals surface area contributed by atoms with E-state index in [4.69, 9.17) is 10.5 Å². The molecule has 2 aromatic rings. The molecule has 0 aliphatic heterocycles. The summed E-state index contributed by atoms with van der Waals surface area (Å²) in [6.07, 6.45) is 1.96. The molecule has 0 saturated heterocycles. The maximum Gasteiger partial charge on any atom is 0.262 e. The van der Waals surface area contributed by atoms with Crippen LogP contribution in [-0.4, -0.2) is 12.5 Å². The smallest absolute Gasteiger partial charge is 0.262 e. The number of carbonyl (C=O) groups is 1. The van der Waals surface area contributed by atoms with Gasteiger partial charge in [-0.15, -0.1) is 0 Å². The Morgan fingerprint density at radius 3 is 2.86 bits per heavy atom. The third-order valence-electron chi connectivity index (χ3n) is 3.67. The Morgan fingerprint density at radius 1 is 1.24 bits per heavy atom. The highest BCUT2D eigenvalue weighted by molar-refractivity contribution is 5.91. The Kier molecular flexibility index (Phi) is 3.88. The molecule has 1 atom stereocenters. The Hall–Kier alpha value is -2.33. The van der Waals surface area contributed by atoms with E-state index in [9.17, 15) is 4.79 Å². The number of rotatable bonds is 4. The molecular weight excluding hydrogens is 264 g/mol. The first kappa shape index (κ1) is 13.6. The van der Waals surface area contributed by atoms with Crippen LogP contribution in [0.15, 0.2) is 48.5 Å². The third kappa shape index (κ3) is 3.23. The van der Waals surface area contributed by atoms with Crippen molar-refractivity contribution < 1.29 is 9.53 Å². The van der Waals surface area contributed by atoms with E-state index in [-0.39, 0.29) is 18.6 Å². The second-order valence-corrected chi connectivity index (χ2v) is 5.21. The van der Waals surface area contributed by atoms with Gasteiger partial charge in [-0.25, -0.2) is 0 Å². The van der Waals surface area contributed by atoms with Crippen LogP contribution in [0.2, 0.25) is 0 Å². The van der Waals surface area contributed by atoms with E-state index in [0.29, 0.717) is 5.75 Å². The highest BCUT2D eigenvalue weighted by atomic mass is 16.5. The lowest BCUT2D eigenvalue weighted by Gasteiger charge is -2.09. The van der Waals surface area contributed by atoms with Crippen LogP contribution in [0.25, 0.3) is 0 Å². The minimum absolute atomic E-state index is 0.000263. The first-order chi connectivity index (χ1) is 10.2. The van der Waals surface area contributed by atoms with Crippen LogP contribution in [0.1, 0.15) is 23.6 Å². The maximum atomic E-state index is 11.8. The summed E-state index contributed by atoms with van der Waals surface area (Å²) in [5.41, 5.74) is 9.19. The van der Waals surface area contributed by atoms with Crippen molar-refractivity contribution in [3.05, 3.63) is 59.7 Å². The predicted octanol–water partition coefficient (Wildman–Crippen LogP) is 2.65. The molecule has 4 nitrogen and oxygen atoms in total. The summed E-state index contributed by atoms with van der Waals surface area (Å²) in [7, 11) is 0. The average Bonchev–Trinajstić information content (AvgIpc) is 2.87. The summed E-state index contributed by atoms with van der Waals surface area (Å²) in [6.45, 7) is -0.000263. The van der Waals surface area contributed by atoms with Gasteiger partial charge in [0, 0.05) is 11.7 Å². The molecule has 1 amide bonds. The topological polar surface area (TPSA) is 64.3 Å². The standard InChI is InChI=1S/C17H18N2O2/c18-16-9-6-12-10-14(7-8-15(12)16)21-11-17(20)19-13-4-2-1-3-5-13/h1-5,7-8,10,16H,6,9,11,18H2,(H,19,20)/t16-/m1/s1. The fraction of sp³-hybridized carbons (Fsp3) is 0.235. The Morgan fingerprint density at radius 2 is 2.05 bits per heavy atom. The fourth-order valence-electron chi connectivity index (χ4n) is 2.58. The minimum Gasteiger partial charge on any atom is -0.484 e. The largest absolute Gasteiger partial charge is 0.484 e. The normalized spacial score (nSPS) is 16.3. The van der Waals surface area contributed by atoms with Gasteiger partial charge in [0.05, 0.1) is 0 Å². The summed E-state index contributed by atoms with van der Waals surface area (Å²) in [4.78, 5) is 11.8. The van der Waals surface area contributed by atoms with Crippen molar-refractivity contribution >= 4 is 11.6 Å². The number of benzene rings is 2. The molecule has 0 unspecified atom stereocenters. The van der Waals surface area contributed by atoms with Crippen molar-refractivity contribution in [2.24, 2.45) is 5.73 Å². The quantitative estimate of drug-likeness (QED) is 0.906. The Bertz CT molecular complexity index is 640. The monoisotopic (exact) mass is 282 g/mol. The van der Waals surface area contributed by atoms with Crippen molar-refractivity contribution in [2.45, 2.75) is 18.9 Å². The third-order valence-corrected chi connectivity index (χ3v) is 3.67. The van der Waals surface area contributed by atoms with Gasteiger partial charge >= 0.3 is 0 Å². The molecule has 3 rings (SSSR count). The van der Waals surface area contributed by atoms with E-state index in [2.05, 4.69) is 5.32 Å². The number of para-hydroxylation sites is 1. The maximum absolute atomic E-state index is 11.8. The summed E-state index contributed by atoms with van der Waals surface area (Å²) in [6, 6.07) is 15.3. The van der Waals surface area contributed by atoms with Crippen molar-refractivity contribution in [1.29, 1.82) is 0 Å². The number of aryl methyl sites for hydroxylation is 1. The second kappa shape index (κ2) is 5.97. The Balaban J connectivity index is 1.57. The van der Waals surface area contributed by atoms with Crippen molar-refractivity contribution in [1.82, 2.24) is 0 Å². The van der Waals surface area contributed by atoms with Gasteiger partial charge in [-0.05, 0) is 48.2 Å². The number of ether oxygens (including phenoxy) is 1. The Labute approximate surface area is 123 Å². The molecular formula is C17H18N2O2. The van der Waals surface area contributed by atoms with Gasteiger partial charge < -0.3 is 15.8 Å². The van der Waals surface area contributed by atoms with Crippen LogP contribution in [-0.2, 0) is 11.2 Å². The van der Waals surface area contributed by atoms with E-state index >= 15 is 0 Å². The van der Waals surface area contributed by atoms with Crippen LogP contribution >= 0.6 is 0 Å². The number of anilines is 1. The van der Waals surface area contributed by atoms with Crippen molar-refractivity contribution in [3.63, 3.8) is 0 Å². The minimum atomic E-state index is -0.168. The van der Waals surface area contributed by atoms with Gasteiger partial charge in [-0.2, -0.15) is 0 Å². The molecule has 2 aromatic carbocycles. The molecule has 3 N–H and O–H groups in total. The second-order valence-electron chi connectivity index (χ2n) is 5.21. The predicted molar refractivity (Wildman–Crippen MR) is 82.3 cm³/mol. The van der Waals surface area contributed by atoms with E-state index in [0.717, 1.165) is 18.5 Å². The number of fused-ring (bicyclic) bond motifs is 1. The number of amides is 1. The van der Waals surface area contributed by atoms with Crippen LogP contribution in [0.3, 0.4) is 0 Å². The van der Waals surface area contributed by atoms with Crippen LogP contribution in [0.5, 0.6) is 5.75 Å². The summed E-state index contributed by atoms with van der Waals surface area (Å²) in [5.74, 6) is 0.546. The van der Waals surface area contributed by atoms with Gasteiger partial charge in [-0.3, -0.25) is 4.79 Å². The lowest BCUT2D eigenvalue weighted by atomic mass is 10.1. The molecule has 1 aliphatic rings. The zero-order valence-electron chi connectivity index (χ0n) is 11.7. The molecule has 0 aromatic heterocycles. The zero-order valence-corrected chi connectivity index (χ0v) is 11.7. The SMILES string of the molecule is N[C@@H]1CCc2cc(OCC(=O)Nc3ccccc3)ccc21. The molecule has 0 saturated carbocycles. The highest BCUT2D eigenvalue weighted by Crippen LogP contribution is 2.31. The summed E-state index contributed by atoms with van der Waals surface area (Å²) >= 11 is 0. The van der Waals surface area contributed by atoms with E-state index in [1.165, 1.54) is 11.1 Å². The van der Waals surface area contributed by atoms with Gasteiger partial charge in [0.1, 0.15) is 5.75 Å². The zero-order chi connectivity index (χ0) is 14.7. The molecule has 1 aliphatic carbocycles. The number of nitrogens with two attached hydrogens (primary N) is 1. The number of nitrogens with one attached hydrogen (secondary N) is 1. The molecule has 4 heteroatoms. The van der Waals surface area contributed by atoms with Crippen LogP contribution in [0.4, 0.5) is 5.69 Å². The molecule has 0 heterocycles. The summed E-state index contributed by atoms with van der Waals surface area (Å²) < 4.78 is 5.55. The average molecular weight is 282 g/mol. The highest BCUT2D eigenvalue weighted by Gasteiger charge is 2.19.